The average Bonchev–Trinajstić information content (AvgIpc) is 2.02. The second-order valence-electron chi connectivity index (χ2n) is 1.98. The molecule has 0 unspecified atom stereocenters. The molecule has 0 atom stereocenters. The first-order valence-electron chi connectivity index (χ1n) is 3.40. The van der Waals surface area contributed by atoms with Gasteiger partial charge in [0.15, 0.2) is 5.57 Å². The second kappa shape index (κ2) is 4.74. The SMILES string of the molecule is CCOC=C(C(=O)OC)C(F)(F)F. The molecular formula is C7H9F3O3. The van der Waals surface area contributed by atoms with E-state index in [1.54, 1.807) is 0 Å². The van der Waals surface area contributed by atoms with E-state index >= 15 is 0 Å². The van der Waals surface area contributed by atoms with Crippen LogP contribution in [0.4, 0.5) is 13.2 Å². The first-order valence-corrected chi connectivity index (χ1v) is 3.40. The van der Waals surface area contributed by atoms with Gasteiger partial charge in [0.05, 0.1) is 13.7 Å². The zero-order chi connectivity index (χ0) is 10.5. The smallest absolute Gasteiger partial charge is 0.426 e. The van der Waals surface area contributed by atoms with Crippen molar-refractivity contribution >= 4 is 5.97 Å². The van der Waals surface area contributed by atoms with E-state index in [-0.39, 0.29) is 6.61 Å². The molecule has 13 heavy (non-hydrogen) atoms. The van der Waals surface area contributed by atoms with Crippen LogP contribution in [0, 0.1) is 0 Å². The van der Waals surface area contributed by atoms with Crippen LogP contribution in [0.1, 0.15) is 6.92 Å². The Bertz CT molecular complexity index is 208. The number of carbonyl (C=O) groups excluding carboxylic acids is 1. The maximum Gasteiger partial charge on any atom is 0.426 e. The highest BCUT2D eigenvalue weighted by Crippen LogP contribution is 2.26. The van der Waals surface area contributed by atoms with Crippen LogP contribution in [0.15, 0.2) is 11.8 Å². The quantitative estimate of drug-likeness (QED) is 0.393. The molecule has 0 aliphatic heterocycles. The molecule has 3 nitrogen and oxygen atoms in total. The largest absolute Gasteiger partial charge is 0.501 e. The summed E-state index contributed by atoms with van der Waals surface area (Å²) in [6.45, 7) is 1.55. The molecule has 0 spiro atoms. The van der Waals surface area contributed by atoms with Crippen LogP contribution < -0.4 is 0 Å². The maximum atomic E-state index is 12.0. The minimum Gasteiger partial charge on any atom is -0.501 e. The lowest BCUT2D eigenvalue weighted by Gasteiger charge is -2.08. The van der Waals surface area contributed by atoms with E-state index in [4.69, 9.17) is 0 Å². The van der Waals surface area contributed by atoms with Gasteiger partial charge in [-0.15, -0.1) is 0 Å². The van der Waals surface area contributed by atoms with Gasteiger partial charge in [0, 0.05) is 0 Å². The van der Waals surface area contributed by atoms with Crippen molar-refractivity contribution in [3.63, 3.8) is 0 Å². The topological polar surface area (TPSA) is 35.5 Å². The molecule has 0 aromatic rings. The molecule has 0 aliphatic rings. The summed E-state index contributed by atoms with van der Waals surface area (Å²) < 4.78 is 44.4. The van der Waals surface area contributed by atoms with E-state index in [1.165, 1.54) is 6.92 Å². The number of ether oxygens (including phenoxy) is 2. The van der Waals surface area contributed by atoms with Crippen LogP contribution in [0.5, 0.6) is 0 Å². The van der Waals surface area contributed by atoms with Gasteiger partial charge in [0.25, 0.3) is 0 Å². The highest BCUT2D eigenvalue weighted by molar-refractivity contribution is 5.89. The minimum absolute atomic E-state index is 0.0522. The first-order chi connectivity index (χ1) is 5.93. The van der Waals surface area contributed by atoms with Gasteiger partial charge < -0.3 is 9.47 Å². The predicted octanol–water partition coefficient (Wildman–Crippen LogP) is 1.64. The molecule has 0 aliphatic carbocycles. The van der Waals surface area contributed by atoms with Gasteiger partial charge in [-0.3, -0.25) is 0 Å². The monoisotopic (exact) mass is 198 g/mol. The molecule has 0 saturated carbocycles. The standard InChI is InChI=1S/C7H9F3O3/c1-3-13-4-5(6(11)12-2)7(8,9)10/h4H,3H2,1-2H3. The van der Waals surface area contributed by atoms with Crippen molar-refractivity contribution in [1.29, 1.82) is 0 Å². The molecule has 0 N–H and O–H groups in total. The predicted molar refractivity (Wildman–Crippen MR) is 37.8 cm³/mol. The number of esters is 1. The normalized spacial score (nSPS) is 12.5. The Kier molecular flexibility index (Phi) is 4.30. The summed E-state index contributed by atoms with van der Waals surface area (Å²) in [4.78, 5) is 10.6. The van der Waals surface area contributed by atoms with E-state index in [1.807, 2.05) is 0 Å². The molecule has 0 heterocycles. The van der Waals surface area contributed by atoms with Crippen molar-refractivity contribution in [3.8, 4) is 0 Å². The number of halogens is 3. The minimum atomic E-state index is -4.75. The Morgan fingerprint density at radius 2 is 2.00 bits per heavy atom. The summed E-state index contributed by atoms with van der Waals surface area (Å²) in [5, 5.41) is 0. The van der Waals surface area contributed by atoms with Crippen molar-refractivity contribution in [2.24, 2.45) is 0 Å². The second-order valence-corrected chi connectivity index (χ2v) is 1.98. The molecule has 0 rings (SSSR count). The fourth-order valence-electron chi connectivity index (χ4n) is 0.507. The number of hydrogen-bond donors (Lipinski definition) is 0. The van der Waals surface area contributed by atoms with Crippen molar-refractivity contribution in [2.75, 3.05) is 13.7 Å². The lowest BCUT2D eigenvalue weighted by atomic mass is 10.3. The molecular weight excluding hydrogens is 189 g/mol. The van der Waals surface area contributed by atoms with Crippen molar-refractivity contribution < 1.29 is 27.4 Å². The van der Waals surface area contributed by atoms with Gasteiger partial charge in [0.2, 0.25) is 0 Å². The van der Waals surface area contributed by atoms with Crippen LogP contribution in [0.2, 0.25) is 0 Å². The molecule has 0 fully saturated rings. The van der Waals surface area contributed by atoms with Crippen LogP contribution in [0.3, 0.4) is 0 Å². The number of hydrogen-bond acceptors (Lipinski definition) is 3. The Hall–Kier alpha value is -1.20. The zero-order valence-electron chi connectivity index (χ0n) is 7.14. The number of carbonyl (C=O) groups is 1. The molecule has 6 heteroatoms. The average molecular weight is 198 g/mol. The van der Waals surface area contributed by atoms with Gasteiger partial charge in [-0.25, -0.2) is 4.79 Å². The molecule has 0 aromatic heterocycles. The lowest BCUT2D eigenvalue weighted by molar-refractivity contribution is -0.148. The van der Waals surface area contributed by atoms with Crippen molar-refractivity contribution in [1.82, 2.24) is 0 Å². The molecule has 0 amide bonds. The number of alkyl halides is 3. The molecule has 76 valence electrons. The Morgan fingerprint density at radius 3 is 2.31 bits per heavy atom. The summed E-state index contributed by atoms with van der Waals surface area (Å²) in [6.07, 6.45) is -4.39. The van der Waals surface area contributed by atoms with E-state index in [0.717, 1.165) is 7.11 Å². The third-order valence-electron chi connectivity index (χ3n) is 1.08. The summed E-state index contributed by atoms with van der Waals surface area (Å²) in [5.41, 5.74) is -1.45. The fraction of sp³-hybridized carbons (Fsp3) is 0.571. The maximum absolute atomic E-state index is 12.0. The highest BCUT2D eigenvalue weighted by Gasteiger charge is 2.40. The third kappa shape index (κ3) is 3.82. The Labute approximate surface area is 73.1 Å². The summed E-state index contributed by atoms with van der Waals surface area (Å²) in [5.74, 6) is -1.46. The highest BCUT2D eigenvalue weighted by atomic mass is 19.4. The van der Waals surface area contributed by atoms with Gasteiger partial charge in [0.1, 0.15) is 6.26 Å². The Balaban J connectivity index is 4.66. The molecule has 0 bridgehead atoms. The summed E-state index contributed by atoms with van der Waals surface area (Å²) >= 11 is 0. The summed E-state index contributed by atoms with van der Waals surface area (Å²) in [7, 11) is 0.869. The number of rotatable bonds is 3. The first kappa shape index (κ1) is 11.8. The van der Waals surface area contributed by atoms with Crippen LogP contribution in [0.25, 0.3) is 0 Å². The summed E-state index contributed by atoms with van der Waals surface area (Å²) in [6, 6.07) is 0. The fourth-order valence-corrected chi connectivity index (χ4v) is 0.507. The zero-order valence-corrected chi connectivity index (χ0v) is 7.14. The van der Waals surface area contributed by atoms with E-state index in [0.29, 0.717) is 6.26 Å². The van der Waals surface area contributed by atoms with E-state index < -0.39 is 17.7 Å². The third-order valence-corrected chi connectivity index (χ3v) is 1.08. The Morgan fingerprint density at radius 1 is 1.46 bits per heavy atom. The van der Waals surface area contributed by atoms with Gasteiger partial charge >= 0.3 is 12.1 Å². The van der Waals surface area contributed by atoms with Crippen LogP contribution >= 0.6 is 0 Å². The molecule has 0 saturated heterocycles. The molecule has 0 radical (unpaired) electrons. The number of methoxy groups -OCH3 is 1. The van der Waals surface area contributed by atoms with Gasteiger partial charge in [-0.2, -0.15) is 13.2 Å². The van der Waals surface area contributed by atoms with Crippen LogP contribution in [-0.2, 0) is 14.3 Å². The lowest BCUT2D eigenvalue weighted by Crippen LogP contribution is -2.21. The van der Waals surface area contributed by atoms with E-state index in [2.05, 4.69) is 9.47 Å². The molecule has 0 aromatic carbocycles. The van der Waals surface area contributed by atoms with E-state index in [9.17, 15) is 18.0 Å². The van der Waals surface area contributed by atoms with Gasteiger partial charge in [-0.1, -0.05) is 0 Å². The van der Waals surface area contributed by atoms with Gasteiger partial charge in [-0.05, 0) is 6.92 Å². The van der Waals surface area contributed by atoms with Crippen molar-refractivity contribution in [3.05, 3.63) is 11.8 Å². The van der Waals surface area contributed by atoms with Crippen LogP contribution in [-0.4, -0.2) is 25.9 Å². The van der Waals surface area contributed by atoms with Crippen molar-refractivity contribution in [2.45, 2.75) is 13.1 Å².